The highest BCUT2D eigenvalue weighted by molar-refractivity contribution is 6.35. The van der Waals surface area contributed by atoms with E-state index >= 15 is 0 Å². The van der Waals surface area contributed by atoms with Gasteiger partial charge in [0, 0.05) is 32.7 Å². The average molecular weight is 317 g/mol. The molecule has 1 heterocycles. The van der Waals surface area contributed by atoms with Crippen LogP contribution in [0.25, 0.3) is 0 Å². The summed E-state index contributed by atoms with van der Waals surface area (Å²) in [4.78, 5) is 38.0. The molecule has 9 heteroatoms. The molecular weight excluding hydrogens is 294 g/mol. The fraction of sp³-hybridized carbons (Fsp3) is 0.769. The highest BCUT2D eigenvalue weighted by Crippen LogP contribution is 2.04. The van der Waals surface area contributed by atoms with E-state index in [-0.39, 0.29) is 26.4 Å². The normalized spacial score (nSPS) is 14.6. The van der Waals surface area contributed by atoms with Gasteiger partial charge in [-0.2, -0.15) is 0 Å². The Bertz CT molecular complexity index is 382. The Balaban J connectivity index is 2.26. The van der Waals surface area contributed by atoms with Gasteiger partial charge >= 0.3 is 17.9 Å². The Kier molecular flexibility index (Phi) is 8.23. The largest absolute Gasteiger partial charge is 0.450 e. The molecule has 1 fully saturated rings. The number of aliphatic hydroxyl groups excluding tert-OH is 1. The molecule has 126 valence electrons. The van der Waals surface area contributed by atoms with Gasteiger partial charge in [-0.25, -0.2) is 4.79 Å². The topological polar surface area (TPSA) is 108 Å². The number of rotatable bonds is 6. The maximum Gasteiger partial charge on any atom is 0.409 e. The van der Waals surface area contributed by atoms with Crippen LogP contribution in [0.4, 0.5) is 4.79 Å². The minimum atomic E-state index is -0.697. The standard InChI is InChI=1S/C13H23N3O6/c1-2-22-13(20)16-6-4-15(5-7-16)12(19)11(18)14-3-9-21-10-8-17/h17H,2-10H2,1H3,(H,14,18). The van der Waals surface area contributed by atoms with Crippen LogP contribution in [-0.4, -0.2) is 92.0 Å². The number of aliphatic hydroxyl groups is 1. The number of carbonyl (C=O) groups excluding carboxylic acids is 3. The number of nitrogens with one attached hydrogen (secondary N) is 1. The second kappa shape index (κ2) is 9.96. The number of carbonyl (C=O) groups is 3. The van der Waals surface area contributed by atoms with Gasteiger partial charge in [-0.3, -0.25) is 9.59 Å². The Morgan fingerprint density at radius 1 is 1.09 bits per heavy atom. The summed E-state index contributed by atoms with van der Waals surface area (Å²) in [6, 6.07) is 0. The van der Waals surface area contributed by atoms with Gasteiger partial charge < -0.3 is 29.7 Å². The van der Waals surface area contributed by atoms with E-state index in [2.05, 4.69) is 5.32 Å². The van der Waals surface area contributed by atoms with E-state index < -0.39 is 17.9 Å². The van der Waals surface area contributed by atoms with Crippen LogP contribution < -0.4 is 5.32 Å². The van der Waals surface area contributed by atoms with Crippen LogP contribution in [0.2, 0.25) is 0 Å². The molecule has 0 aromatic carbocycles. The van der Waals surface area contributed by atoms with Gasteiger partial charge in [0.15, 0.2) is 0 Å². The minimum absolute atomic E-state index is 0.0857. The van der Waals surface area contributed by atoms with E-state index in [0.29, 0.717) is 32.8 Å². The molecule has 1 rings (SSSR count). The SMILES string of the molecule is CCOC(=O)N1CCN(C(=O)C(=O)NCCOCCO)CC1. The number of nitrogens with zero attached hydrogens (tertiary/aromatic N) is 2. The third kappa shape index (κ3) is 5.86. The lowest BCUT2D eigenvalue weighted by Crippen LogP contribution is -2.54. The summed E-state index contributed by atoms with van der Waals surface area (Å²) in [5.41, 5.74) is 0. The van der Waals surface area contributed by atoms with E-state index in [4.69, 9.17) is 14.6 Å². The molecule has 0 saturated carbocycles. The van der Waals surface area contributed by atoms with Crippen LogP contribution >= 0.6 is 0 Å². The highest BCUT2D eigenvalue weighted by atomic mass is 16.6. The van der Waals surface area contributed by atoms with E-state index in [9.17, 15) is 14.4 Å². The molecule has 1 saturated heterocycles. The van der Waals surface area contributed by atoms with Crippen molar-refractivity contribution >= 4 is 17.9 Å². The Morgan fingerprint density at radius 2 is 1.73 bits per heavy atom. The molecule has 1 aliphatic rings. The van der Waals surface area contributed by atoms with Crippen molar-refractivity contribution in [1.82, 2.24) is 15.1 Å². The van der Waals surface area contributed by atoms with Crippen molar-refractivity contribution in [2.24, 2.45) is 0 Å². The molecule has 0 bridgehead atoms. The molecule has 0 radical (unpaired) electrons. The van der Waals surface area contributed by atoms with Crippen LogP contribution in [0.1, 0.15) is 6.92 Å². The summed E-state index contributed by atoms with van der Waals surface area (Å²) < 4.78 is 9.86. The first-order chi connectivity index (χ1) is 10.6. The van der Waals surface area contributed by atoms with Crippen LogP contribution in [-0.2, 0) is 19.1 Å². The fourth-order valence-corrected chi connectivity index (χ4v) is 1.93. The first kappa shape index (κ1) is 18.2. The third-order valence-corrected chi connectivity index (χ3v) is 3.05. The summed E-state index contributed by atoms with van der Waals surface area (Å²) in [6.45, 7) is 3.86. The van der Waals surface area contributed by atoms with Gasteiger partial charge in [-0.1, -0.05) is 0 Å². The van der Waals surface area contributed by atoms with Gasteiger partial charge in [0.2, 0.25) is 0 Å². The Labute approximate surface area is 129 Å². The smallest absolute Gasteiger partial charge is 0.409 e. The second-order valence-corrected chi connectivity index (χ2v) is 4.57. The molecule has 22 heavy (non-hydrogen) atoms. The van der Waals surface area contributed by atoms with Crippen molar-refractivity contribution in [2.45, 2.75) is 6.92 Å². The molecule has 0 atom stereocenters. The van der Waals surface area contributed by atoms with E-state index in [1.807, 2.05) is 0 Å². The molecule has 0 aromatic heterocycles. The number of piperazine rings is 1. The lowest BCUT2D eigenvalue weighted by molar-refractivity contribution is -0.146. The Morgan fingerprint density at radius 3 is 2.32 bits per heavy atom. The molecule has 3 amide bonds. The van der Waals surface area contributed by atoms with Crippen molar-refractivity contribution in [3.05, 3.63) is 0 Å². The zero-order valence-corrected chi connectivity index (χ0v) is 12.7. The lowest BCUT2D eigenvalue weighted by atomic mass is 10.3. The first-order valence-electron chi connectivity index (χ1n) is 7.27. The van der Waals surface area contributed by atoms with Crippen molar-refractivity contribution in [3.63, 3.8) is 0 Å². The molecule has 1 aliphatic heterocycles. The first-order valence-corrected chi connectivity index (χ1v) is 7.27. The van der Waals surface area contributed by atoms with Gasteiger partial charge in [0.05, 0.1) is 26.4 Å². The van der Waals surface area contributed by atoms with Crippen LogP contribution in [0.3, 0.4) is 0 Å². The molecule has 0 aliphatic carbocycles. The third-order valence-electron chi connectivity index (χ3n) is 3.05. The minimum Gasteiger partial charge on any atom is -0.450 e. The molecule has 2 N–H and O–H groups in total. The predicted molar refractivity (Wildman–Crippen MR) is 76.1 cm³/mol. The monoisotopic (exact) mass is 317 g/mol. The summed E-state index contributed by atoms with van der Waals surface area (Å²) in [6.07, 6.45) is -0.403. The summed E-state index contributed by atoms with van der Waals surface area (Å²) in [5.74, 6) is -1.32. The van der Waals surface area contributed by atoms with Crippen LogP contribution in [0.15, 0.2) is 0 Å². The fourth-order valence-electron chi connectivity index (χ4n) is 1.93. The molecular formula is C13H23N3O6. The van der Waals surface area contributed by atoms with E-state index in [0.717, 1.165) is 0 Å². The molecule has 0 unspecified atom stereocenters. The quantitative estimate of drug-likeness (QED) is 0.452. The maximum atomic E-state index is 11.9. The van der Waals surface area contributed by atoms with Gasteiger partial charge in [-0.15, -0.1) is 0 Å². The lowest BCUT2D eigenvalue weighted by Gasteiger charge is -2.33. The van der Waals surface area contributed by atoms with Crippen molar-refractivity contribution < 1.29 is 29.0 Å². The summed E-state index contributed by atoms with van der Waals surface area (Å²) in [7, 11) is 0. The number of amides is 3. The molecule has 0 aromatic rings. The average Bonchev–Trinajstić information content (AvgIpc) is 2.54. The van der Waals surface area contributed by atoms with Gasteiger partial charge in [0.25, 0.3) is 0 Å². The van der Waals surface area contributed by atoms with Gasteiger partial charge in [0.1, 0.15) is 0 Å². The molecule has 0 spiro atoms. The molecule has 9 nitrogen and oxygen atoms in total. The van der Waals surface area contributed by atoms with Crippen LogP contribution in [0.5, 0.6) is 0 Å². The number of hydrogen-bond acceptors (Lipinski definition) is 6. The van der Waals surface area contributed by atoms with Crippen molar-refractivity contribution in [1.29, 1.82) is 0 Å². The van der Waals surface area contributed by atoms with Gasteiger partial charge in [-0.05, 0) is 6.92 Å². The zero-order chi connectivity index (χ0) is 16.4. The van der Waals surface area contributed by atoms with E-state index in [1.165, 1.54) is 9.80 Å². The van der Waals surface area contributed by atoms with E-state index in [1.54, 1.807) is 6.92 Å². The summed E-state index contributed by atoms with van der Waals surface area (Å²) >= 11 is 0. The van der Waals surface area contributed by atoms with Crippen LogP contribution in [0, 0.1) is 0 Å². The second-order valence-electron chi connectivity index (χ2n) is 4.57. The maximum absolute atomic E-state index is 11.9. The predicted octanol–water partition coefficient (Wildman–Crippen LogP) is -1.59. The van der Waals surface area contributed by atoms with Crippen molar-refractivity contribution in [3.8, 4) is 0 Å². The zero-order valence-electron chi connectivity index (χ0n) is 12.7. The Hall–Kier alpha value is -1.87. The summed E-state index contributed by atoms with van der Waals surface area (Å²) in [5, 5.41) is 11.0. The number of hydrogen-bond donors (Lipinski definition) is 2. The number of ether oxygens (including phenoxy) is 2. The highest BCUT2D eigenvalue weighted by Gasteiger charge is 2.28. The van der Waals surface area contributed by atoms with Crippen molar-refractivity contribution in [2.75, 3.05) is 59.2 Å².